The number of thioether (sulfide) groups is 2. The van der Waals surface area contributed by atoms with Gasteiger partial charge >= 0.3 is 6.03 Å². The number of amides is 2. The minimum Gasteiger partial charge on any atom is -0.454 e. The van der Waals surface area contributed by atoms with E-state index in [0.717, 1.165) is 29.4 Å². The first kappa shape index (κ1) is 14.7. The normalized spacial score (nSPS) is 20.1. The first-order chi connectivity index (χ1) is 10.3. The Morgan fingerprint density at radius 3 is 3.00 bits per heavy atom. The Kier molecular flexibility index (Phi) is 5.03. The van der Waals surface area contributed by atoms with E-state index >= 15 is 0 Å². The van der Waals surface area contributed by atoms with Gasteiger partial charge in [0.25, 0.3) is 0 Å². The maximum absolute atomic E-state index is 11.8. The van der Waals surface area contributed by atoms with Crippen LogP contribution in [0.2, 0.25) is 0 Å². The zero-order valence-corrected chi connectivity index (χ0v) is 13.2. The van der Waals surface area contributed by atoms with E-state index in [2.05, 4.69) is 10.6 Å². The quantitative estimate of drug-likeness (QED) is 0.887. The number of carbonyl (C=O) groups excluding carboxylic acids is 1. The molecule has 5 nitrogen and oxygen atoms in total. The van der Waals surface area contributed by atoms with E-state index in [-0.39, 0.29) is 12.8 Å². The molecular weight excluding hydrogens is 308 g/mol. The lowest BCUT2D eigenvalue weighted by atomic mass is 10.2. The number of rotatable bonds is 4. The second-order valence-electron chi connectivity index (χ2n) is 4.82. The van der Waals surface area contributed by atoms with Crippen LogP contribution in [0.1, 0.15) is 5.56 Å². The standard InChI is InChI=1S/C14H18N2O3S2/c17-14(16-7-11-8-20-3-4-21-11)15-6-10-1-2-12-13(5-10)19-9-18-12/h1-2,5,11H,3-4,6-9H2,(H2,15,16,17). The number of hydrogen-bond donors (Lipinski definition) is 2. The molecule has 0 spiro atoms. The average Bonchev–Trinajstić information content (AvgIpc) is 2.99. The first-order valence-electron chi connectivity index (χ1n) is 6.91. The monoisotopic (exact) mass is 326 g/mol. The minimum absolute atomic E-state index is 0.121. The molecule has 1 unspecified atom stereocenters. The van der Waals surface area contributed by atoms with Gasteiger partial charge in [-0.3, -0.25) is 0 Å². The van der Waals surface area contributed by atoms with E-state index in [4.69, 9.17) is 9.47 Å². The summed E-state index contributed by atoms with van der Waals surface area (Å²) in [5.74, 6) is 5.01. The number of hydrogen-bond acceptors (Lipinski definition) is 5. The molecule has 2 N–H and O–H groups in total. The van der Waals surface area contributed by atoms with Gasteiger partial charge < -0.3 is 20.1 Å². The molecule has 21 heavy (non-hydrogen) atoms. The van der Waals surface area contributed by atoms with Gasteiger partial charge in [0.2, 0.25) is 6.79 Å². The molecule has 1 aromatic carbocycles. The van der Waals surface area contributed by atoms with E-state index in [1.54, 1.807) is 0 Å². The lowest BCUT2D eigenvalue weighted by Gasteiger charge is -2.21. The molecule has 2 aliphatic rings. The molecule has 2 aliphatic heterocycles. The predicted octanol–water partition coefficient (Wildman–Crippen LogP) is 2.06. The third-order valence-electron chi connectivity index (χ3n) is 3.27. The Morgan fingerprint density at radius 1 is 1.24 bits per heavy atom. The Bertz CT molecular complexity index is 507. The van der Waals surface area contributed by atoms with Crippen molar-refractivity contribution in [2.24, 2.45) is 0 Å². The third kappa shape index (κ3) is 4.14. The SMILES string of the molecule is O=C(NCc1ccc2c(c1)OCO2)NCC1CSCCS1. The van der Waals surface area contributed by atoms with Crippen LogP contribution < -0.4 is 20.1 Å². The smallest absolute Gasteiger partial charge is 0.315 e. The fourth-order valence-electron chi connectivity index (χ4n) is 2.16. The molecule has 0 bridgehead atoms. The largest absolute Gasteiger partial charge is 0.454 e. The summed E-state index contributed by atoms with van der Waals surface area (Å²) in [6, 6.07) is 5.58. The van der Waals surface area contributed by atoms with Crippen molar-refractivity contribution in [2.75, 3.05) is 30.6 Å². The van der Waals surface area contributed by atoms with Gasteiger partial charge in [-0.2, -0.15) is 23.5 Å². The number of fused-ring (bicyclic) bond motifs is 1. The molecule has 3 rings (SSSR count). The topological polar surface area (TPSA) is 59.6 Å². The molecule has 0 aliphatic carbocycles. The van der Waals surface area contributed by atoms with Crippen LogP contribution >= 0.6 is 23.5 Å². The van der Waals surface area contributed by atoms with Crippen molar-refractivity contribution in [1.82, 2.24) is 10.6 Å². The zero-order valence-electron chi connectivity index (χ0n) is 11.6. The molecular formula is C14H18N2O3S2. The third-order valence-corrected chi connectivity index (χ3v) is 6.11. The number of carbonyl (C=O) groups is 1. The Labute approximate surface area is 132 Å². The van der Waals surface area contributed by atoms with E-state index in [1.165, 1.54) is 11.5 Å². The first-order valence-corrected chi connectivity index (χ1v) is 9.11. The summed E-state index contributed by atoms with van der Waals surface area (Å²) in [6.45, 7) is 1.48. The summed E-state index contributed by atoms with van der Waals surface area (Å²) < 4.78 is 10.6. The fourth-order valence-corrected chi connectivity index (χ4v) is 4.77. The average molecular weight is 326 g/mol. The van der Waals surface area contributed by atoms with E-state index in [0.29, 0.717) is 11.8 Å². The molecule has 114 valence electrons. The van der Waals surface area contributed by atoms with Gasteiger partial charge in [-0.15, -0.1) is 0 Å². The van der Waals surface area contributed by atoms with Gasteiger partial charge in [0, 0.05) is 35.6 Å². The van der Waals surface area contributed by atoms with E-state index < -0.39 is 0 Å². The van der Waals surface area contributed by atoms with Crippen molar-refractivity contribution in [2.45, 2.75) is 11.8 Å². The summed E-state index contributed by atoms with van der Waals surface area (Å²) in [5, 5.41) is 6.33. The van der Waals surface area contributed by atoms with Crippen LogP contribution in [0.4, 0.5) is 4.79 Å². The highest BCUT2D eigenvalue weighted by molar-refractivity contribution is 8.06. The predicted molar refractivity (Wildman–Crippen MR) is 86.4 cm³/mol. The molecule has 0 radical (unpaired) electrons. The summed E-state index contributed by atoms with van der Waals surface area (Å²) in [6.07, 6.45) is 0. The fraction of sp³-hybridized carbons (Fsp3) is 0.500. The Balaban J connectivity index is 1.41. The summed E-state index contributed by atoms with van der Waals surface area (Å²) in [7, 11) is 0. The van der Waals surface area contributed by atoms with Crippen molar-refractivity contribution in [3.8, 4) is 11.5 Å². The van der Waals surface area contributed by atoms with Crippen molar-refractivity contribution in [3.05, 3.63) is 23.8 Å². The maximum atomic E-state index is 11.8. The molecule has 1 atom stereocenters. The molecule has 1 fully saturated rings. The number of benzene rings is 1. The van der Waals surface area contributed by atoms with Gasteiger partial charge in [-0.05, 0) is 17.7 Å². The van der Waals surface area contributed by atoms with Gasteiger partial charge in [0.1, 0.15) is 0 Å². The van der Waals surface area contributed by atoms with Crippen LogP contribution in [-0.4, -0.2) is 41.9 Å². The van der Waals surface area contributed by atoms with E-state index in [1.807, 2.05) is 41.7 Å². The van der Waals surface area contributed by atoms with Crippen molar-refractivity contribution < 1.29 is 14.3 Å². The van der Waals surface area contributed by atoms with Gasteiger partial charge in [-0.1, -0.05) is 6.07 Å². The van der Waals surface area contributed by atoms with Gasteiger partial charge in [-0.25, -0.2) is 4.79 Å². The minimum atomic E-state index is -0.121. The highest BCUT2D eigenvalue weighted by atomic mass is 32.2. The number of ether oxygens (including phenoxy) is 2. The van der Waals surface area contributed by atoms with Crippen LogP contribution in [0.25, 0.3) is 0 Å². The molecule has 2 heterocycles. The molecule has 0 aromatic heterocycles. The number of nitrogens with one attached hydrogen (secondary N) is 2. The van der Waals surface area contributed by atoms with Crippen LogP contribution in [0, 0.1) is 0 Å². The van der Waals surface area contributed by atoms with Crippen molar-refractivity contribution >= 4 is 29.6 Å². The van der Waals surface area contributed by atoms with Crippen molar-refractivity contribution in [3.63, 3.8) is 0 Å². The second kappa shape index (κ2) is 7.17. The van der Waals surface area contributed by atoms with Crippen LogP contribution in [0.5, 0.6) is 11.5 Å². The number of urea groups is 1. The molecule has 1 saturated heterocycles. The maximum Gasteiger partial charge on any atom is 0.315 e. The lowest BCUT2D eigenvalue weighted by Crippen LogP contribution is -2.39. The van der Waals surface area contributed by atoms with Crippen LogP contribution in [-0.2, 0) is 6.54 Å². The van der Waals surface area contributed by atoms with Crippen molar-refractivity contribution in [1.29, 1.82) is 0 Å². The molecule has 0 saturated carbocycles. The summed E-state index contributed by atoms with van der Waals surface area (Å²) in [5.41, 5.74) is 0.997. The Hall–Kier alpha value is -1.21. The van der Waals surface area contributed by atoms with Gasteiger partial charge in [0.15, 0.2) is 11.5 Å². The summed E-state index contributed by atoms with van der Waals surface area (Å²) >= 11 is 3.90. The Morgan fingerprint density at radius 2 is 2.14 bits per heavy atom. The highest BCUT2D eigenvalue weighted by Crippen LogP contribution is 2.32. The highest BCUT2D eigenvalue weighted by Gasteiger charge is 2.16. The zero-order chi connectivity index (χ0) is 14.5. The molecule has 1 aromatic rings. The molecule has 2 amide bonds. The molecule has 7 heteroatoms. The summed E-state index contributed by atoms with van der Waals surface area (Å²) in [4.78, 5) is 11.8. The van der Waals surface area contributed by atoms with Crippen LogP contribution in [0.3, 0.4) is 0 Å². The van der Waals surface area contributed by atoms with Crippen LogP contribution in [0.15, 0.2) is 18.2 Å². The second-order valence-corrected chi connectivity index (χ2v) is 7.38. The van der Waals surface area contributed by atoms with Gasteiger partial charge in [0.05, 0.1) is 0 Å². The van der Waals surface area contributed by atoms with E-state index in [9.17, 15) is 4.79 Å². The lowest BCUT2D eigenvalue weighted by molar-refractivity contribution is 0.174.